The molecule has 0 aliphatic rings. The lowest BCUT2D eigenvalue weighted by atomic mass is 10.1. The molecule has 0 spiro atoms. The van der Waals surface area contributed by atoms with Gasteiger partial charge < -0.3 is 5.73 Å². The van der Waals surface area contributed by atoms with Gasteiger partial charge in [-0.25, -0.2) is 0 Å². The van der Waals surface area contributed by atoms with E-state index in [1.165, 1.54) is 11.1 Å². The molecule has 3 nitrogen and oxygen atoms in total. The molecule has 1 heterocycles. The van der Waals surface area contributed by atoms with Gasteiger partial charge in [-0.3, -0.25) is 4.68 Å². The van der Waals surface area contributed by atoms with Gasteiger partial charge in [-0.1, -0.05) is 37.3 Å². The quantitative estimate of drug-likeness (QED) is 0.881. The van der Waals surface area contributed by atoms with Crippen molar-refractivity contribution in [2.24, 2.45) is 12.8 Å². The van der Waals surface area contributed by atoms with Gasteiger partial charge in [0, 0.05) is 35.9 Å². The van der Waals surface area contributed by atoms with Crippen LogP contribution in [0.15, 0.2) is 42.7 Å². The summed E-state index contributed by atoms with van der Waals surface area (Å²) in [6.07, 6.45) is 4.97. The standard InChI is InChI=1S/C15H21N3S/c1-3-14(16)15(13-9-17-18(2)10-13)19-11-12-7-5-4-6-8-12/h4-10,14-15H,3,11,16H2,1-2H3. The van der Waals surface area contributed by atoms with Crippen LogP contribution in [-0.2, 0) is 12.8 Å². The predicted octanol–water partition coefficient (Wildman–Crippen LogP) is 3.13. The van der Waals surface area contributed by atoms with E-state index in [9.17, 15) is 0 Å². The fourth-order valence-corrected chi connectivity index (χ4v) is 3.35. The number of benzene rings is 1. The zero-order valence-electron chi connectivity index (χ0n) is 11.5. The topological polar surface area (TPSA) is 43.8 Å². The van der Waals surface area contributed by atoms with E-state index in [-0.39, 0.29) is 6.04 Å². The summed E-state index contributed by atoms with van der Waals surface area (Å²) in [5.41, 5.74) is 8.82. The van der Waals surface area contributed by atoms with Gasteiger partial charge in [-0.2, -0.15) is 5.10 Å². The summed E-state index contributed by atoms with van der Waals surface area (Å²) >= 11 is 1.90. The Kier molecular flexibility index (Phi) is 5.05. The lowest BCUT2D eigenvalue weighted by molar-refractivity contribution is 0.633. The second-order valence-corrected chi connectivity index (χ2v) is 5.87. The monoisotopic (exact) mass is 275 g/mol. The first kappa shape index (κ1) is 14.2. The van der Waals surface area contributed by atoms with E-state index in [1.54, 1.807) is 0 Å². The highest BCUT2D eigenvalue weighted by atomic mass is 32.2. The van der Waals surface area contributed by atoms with Crippen molar-refractivity contribution in [1.29, 1.82) is 0 Å². The third-order valence-corrected chi connectivity index (χ3v) is 4.67. The van der Waals surface area contributed by atoms with Crippen molar-refractivity contribution in [1.82, 2.24) is 9.78 Å². The van der Waals surface area contributed by atoms with Gasteiger partial charge in [-0.15, -0.1) is 11.8 Å². The largest absolute Gasteiger partial charge is 0.326 e. The van der Waals surface area contributed by atoms with Crippen molar-refractivity contribution in [3.8, 4) is 0 Å². The molecule has 0 amide bonds. The van der Waals surface area contributed by atoms with Crippen LogP contribution in [0, 0.1) is 0 Å². The molecule has 0 aliphatic carbocycles. The van der Waals surface area contributed by atoms with E-state index in [2.05, 4.69) is 42.5 Å². The average molecular weight is 275 g/mol. The first-order chi connectivity index (χ1) is 9.20. The number of hydrogen-bond donors (Lipinski definition) is 1. The van der Waals surface area contributed by atoms with Crippen LogP contribution in [-0.4, -0.2) is 15.8 Å². The molecular weight excluding hydrogens is 254 g/mol. The molecule has 19 heavy (non-hydrogen) atoms. The number of thioether (sulfide) groups is 1. The number of rotatable bonds is 6. The molecule has 1 aromatic heterocycles. The molecule has 4 heteroatoms. The summed E-state index contributed by atoms with van der Waals surface area (Å²) in [5, 5.41) is 4.56. The highest BCUT2D eigenvalue weighted by Crippen LogP contribution is 2.34. The Morgan fingerprint density at radius 3 is 2.63 bits per heavy atom. The molecule has 0 bridgehead atoms. The van der Waals surface area contributed by atoms with Crippen molar-refractivity contribution in [3.63, 3.8) is 0 Å². The van der Waals surface area contributed by atoms with E-state index < -0.39 is 0 Å². The number of nitrogens with zero attached hydrogens (tertiary/aromatic N) is 2. The Morgan fingerprint density at radius 2 is 2.05 bits per heavy atom. The minimum Gasteiger partial charge on any atom is -0.326 e. The summed E-state index contributed by atoms with van der Waals surface area (Å²) in [5.74, 6) is 0.980. The fraction of sp³-hybridized carbons (Fsp3) is 0.400. The predicted molar refractivity (Wildman–Crippen MR) is 82.0 cm³/mol. The van der Waals surface area contributed by atoms with Gasteiger partial charge in [0.25, 0.3) is 0 Å². The molecule has 0 radical (unpaired) electrons. The SMILES string of the molecule is CCC(N)C(SCc1ccccc1)c1cnn(C)c1. The molecule has 102 valence electrons. The Balaban J connectivity index is 2.06. The molecule has 2 aromatic rings. The van der Waals surface area contributed by atoms with Crippen LogP contribution in [0.5, 0.6) is 0 Å². The maximum absolute atomic E-state index is 6.26. The van der Waals surface area contributed by atoms with E-state index in [4.69, 9.17) is 5.73 Å². The number of hydrogen-bond acceptors (Lipinski definition) is 3. The second-order valence-electron chi connectivity index (χ2n) is 4.74. The molecule has 0 aliphatic heterocycles. The lowest BCUT2D eigenvalue weighted by Crippen LogP contribution is -2.25. The van der Waals surface area contributed by atoms with Crippen molar-refractivity contribution < 1.29 is 0 Å². The first-order valence-electron chi connectivity index (χ1n) is 6.60. The van der Waals surface area contributed by atoms with Crippen molar-refractivity contribution >= 4 is 11.8 Å². The maximum Gasteiger partial charge on any atom is 0.0533 e. The Bertz CT molecular complexity index is 495. The van der Waals surface area contributed by atoms with E-state index >= 15 is 0 Å². The smallest absolute Gasteiger partial charge is 0.0533 e. The number of aryl methyl sites for hydroxylation is 1. The molecular formula is C15H21N3S. The normalized spacial score (nSPS) is 14.3. The third kappa shape index (κ3) is 3.85. The maximum atomic E-state index is 6.26. The van der Waals surface area contributed by atoms with Crippen LogP contribution < -0.4 is 5.73 Å². The van der Waals surface area contributed by atoms with E-state index in [0.29, 0.717) is 5.25 Å². The molecule has 0 saturated carbocycles. The van der Waals surface area contributed by atoms with Crippen LogP contribution in [0.2, 0.25) is 0 Å². The zero-order chi connectivity index (χ0) is 13.7. The molecule has 0 fully saturated rings. The summed E-state index contributed by atoms with van der Waals surface area (Å²) in [6.45, 7) is 2.14. The molecule has 1 aromatic carbocycles. The minimum atomic E-state index is 0.165. The third-order valence-electron chi connectivity index (χ3n) is 3.19. The molecule has 0 saturated heterocycles. The Morgan fingerprint density at radius 1 is 1.32 bits per heavy atom. The van der Waals surface area contributed by atoms with Crippen molar-refractivity contribution in [2.75, 3.05) is 0 Å². The van der Waals surface area contributed by atoms with Gasteiger partial charge in [-0.05, 0) is 12.0 Å². The van der Waals surface area contributed by atoms with Gasteiger partial charge in [0.1, 0.15) is 0 Å². The summed E-state index contributed by atoms with van der Waals surface area (Å²) in [6, 6.07) is 10.7. The van der Waals surface area contributed by atoms with Crippen LogP contribution in [0.25, 0.3) is 0 Å². The molecule has 2 unspecified atom stereocenters. The highest BCUT2D eigenvalue weighted by molar-refractivity contribution is 7.98. The van der Waals surface area contributed by atoms with Gasteiger partial charge in [0.2, 0.25) is 0 Å². The van der Waals surface area contributed by atoms with Crippen LogP contribution in [0.3, 0.4) is 0 Å². The summed E-state index contributed by atoms with van der Waals surface area (Å²) in [4.78, 5) is 0. The summed E-state index contributed by atoms with van der Waals surface area (Å²) < 4.78 is 1.84. The van der Waals surface area contributed by atoms with Crippen LogP contribution >= 0.6 is 11.8 Å². The minimum absolute atomic E-state index is 0.165. The van der Waals surface area contributed by atoms with Gasteiger partial charge >= 0.3 is 0 Å². The summed E-state index contributed by atoms with van der Waals surface area (Å²) in [7, 11) is 1.94. The van der Waals surface area contributed by atoms with E-state index in [0.717, 1.165) is 12.2 Å². The van der Waals surface area contributed by atoms with Crippen LogP contribution in [0.4, 0.5) is 0 Å². The molecule has 2 N–H and O–H groups in total. The van der Waals surface area contributed by atoms with Crippen molar-refractivity contribution in [3.05, 3.63) is 53.9 Å². The zero-order valence-corrected chi connectivity index (χ0v) is 12.3. The lowest BCUT2D eigenvalue weighted by Gasteiger charge is -2.21. The Hall–Kier alpha value is -1.26. The van der Waals surface area contributed by atoms with Gasteiger partial charge in [0.05, 0.1) is 6.20 Å². The van der Waals surface area contributed by atoms with Gasteiger partial charge in [0.15, 0.2) is 0 Å². The molecule has 2 atom stereocenters. The number of nitrogens with two attached hydrogens (primary N) is 1. The second kappa shape index (κ2) is 6.78. The Labute approximate surface area is 119 Å². The fourth-order valence-electron chi connectivity index (χ4n) is 2.03. The van der Waals surface area contributed by atoms with Crippen molar-refractivity contribution in [2.45, 2.75) is 30.4 Å². The molecule has 2 rings (SSSR count). The average Bonchev–Trinajstić information content (AvgIpc) is 2.86. The highest BCUT2D eigenvalue weighted by Gasteiger charge is 2.20. The van der Waals surface area contributed by atoms with Crippen LogP contribution in [0.1, 0.15) is 29.7 Å². The van der Waals surface area contributed by atoms with E-state index in [1.807, 2.05) is 35.8 Å². The first-order valence-corrected chi connectivity index (χ1v) is 7.65. The number of aromatic nitrogens is 2.